The van der Waals surface area contributed by atoms with Gasteiger partial charge in [-0.05, 0) is 52.7 Å². The zero-order chi connectivity index (χ0) is 15.0. The van der Waals surface area contributed by atoms with Crippen LogP contribution >= 0.6 is 43.2 Å². The third-order valence-electron chi connectivity index (χ3n) is 2.90. The lowest BCUT2D eigenvalue weighted by Crippen LogP contribution is -1.84. The maximum Gasteiger partial charge on any atom is 0.210 e. The third kappa shape index (κ3) is 3.17. The van der Waals surface area contributed by atoms with Gasteiger partial charge >= 0.3 is 0 Å². The highest BCUT2D eigenvalue weighted by molar-refractivity contribution is 9.11. The van der Waals surface area contributed by atoms with Crippen LogP contribution in [-0.4, -0.2) is 16.3 Å². The lowest BCUT2D eigenvalue weighted by atomic mass is 10.2. The summed E-state index contributed by atoms with van der Waals surface area (Å²) in [5, 5.41) is 10.7. The van der Waals surface area contributed by atoms with Gasteiger partial charge in [-0.25, -0.2) is 9.98 Å². The second-order valence-corrected chi connectivity index (χ2v) is 7.33. The maximum absolute atomic E-state index is 10.0. The standard InChI is InChI=1S/C15H10Br2N2OS/c1-8-2-3-12-13(4-8)21-15(19-12)18-7-9-5-10(16)6-11(17)14(9)20/h2-7,20H,1H3. The van der Waals surface area contributed by atoms with Gasteiger partial charge in [0.25, 0.3) is 0 Å². The number of aryl methyl sites for hydroxylation is 1. The fourth-order valence-electron chi connectivity index (χ4n) is 1.88. The number of aromatic hydroxyl groups is 1. The zero-order valence-corrected chi connectivity index (χ0v) is 15.0. The first-order valence-corrected chi connectivity index (χ1v) is 8.52. The molecule has 0 atom stereocenters. The van der Waals surface area contributed by atoms with Gasteiger partial charge in [-0.3, -0.25) is 0 Å². The van der Waals surface area contributed by atoms with Crippen molar-refractivity contribution in [3.8, 4) is 5.75 Å². The van der Waals surface area contributed by atoms with Crippen molar-refractivity contribution in [3.05, 3.63) is 50.4 Å². The fourth-order valence-corrected chi connectivity index (χ4v) is 4.05. The van der Waals surface area contributed by atoms with Gasteiger partial charge in [0, 0.05) is 16.3 Å². The number of thiazole rings is 1. The smallest absolute Gasteiger partial charge is 0.210 e. The molecule has 0 spiro atoms. The van der Waals surface area contributed by atoms with Crippen molar-refractivity contribution in [2.75, 3.05) is 0 Å². The Labute approximate surface area is 142 Å². The number of hydrogen-bond acceptors (Lipinski definition) is 4. The van der Waals surface area contributed by atoms with Crippen molar-refractivity contribution >= 4 is 64.8 Å². The molecule has 0 saturated carbocycles. The van der Waals surface area contributed by atoms with E-state index in [4.69, 9.17) is 0 Å². The van der Waals surface area contributed by atoms with E-state index in [1.54, 1.807) is 18.3 Å². The van der Waals surface area contributed by atoms with Crippen molar-refractivity contribution in [1.82, 2.24) is 4.98 Å². The van der Waals surface area contributed by atoms with E-state index >= 15 is 0 Å². The molecule has 0 aliphatic carbocycles. The Morgan fingerprint density at radius 2 is 2.05 bits per heavy atom. The van der Waals surface area contributed by atoms with Crippen LogP contribution in [0.4, 0.5) is 5.13 Å². The number of benzene rings is 2. The quantitative estimate of drug-likeness (QED) is 0.544. The number of hydrogen-bond donors (Lipinski definition) is 1. The number of phenols is 1. The molecular formula is C15H10Br2N2OS. The lowest BCUT2D eigenvalue weighted by Gasteiger charge is -2.02. The fraction of sp³-hybridized carbons (Fsp3) is 0.0667. The van der Waals surface area contributed by atoms with E-state index in [-0.39, 0.29) is 5.75 Å². The maximum atomic E-state index is 10.0. The summed E-state index contributed by atoms with van der Waals surface area (Å²) >= 11 is 8.23. The highest BCUT2D eigenvalue weighted by atomic mass is 79.9. The Hall–Kier alpha value is -1.24. The molecule has 3 rings (SSSR count). The first-order chi connectivity index (χ1) is 10.0. The SMILES string of the molecule is Cc1ccc2nc(N=Cc3cc(Br)cc(Br)c3O)sc2c1. The molecule has 0 bridgehead atoms. The number of fused-ring (bicyclic) bond motifs is 1. The molecule has 21 heavy (non-hydrogen) atoms. The highest BCUT2D eigenvalue weighted by Gasteiger charge is 2.06. The van der Waals surface area contributed by atoms with Crippen LogP contribution in [-0.2, 0) is 0 Å². The van der Waals surface area contributed by atoms with Crippen molar-refractivity contribution < 1.29 is 5.11 Å². The number of halogens is 2. The molecule has 0 fully saturated rings. The van der Waals surface area contributed by atoms with E-state index in [1.165, 1.54) is 16.9 Å². The summed E-state index contributed by atoms with van der Waals surface area (Å²) in [6.07, 6.45) is 1.62. The average molecular weight is 426 g/mol. The molecule has 0 radical (unpaired) electrons. The Morgan fingerprint density at radius 1 is 1.24 bits per heavy atom. The van der Waals surface area contributed by atoms with E-state index in [2.05, 4.69) is 54.8 Å². The minimum atomic E-state index is 0.166. The van der Waals surface area contributed by atoms with Gasteiger partial charge in [-0.2, -0.15) is 0 Å². The van der Waals surface area contributed by atoms with E-state index < -0.39 is 0 Å². The summed E-state index contributed by atoms with van der Waals surface area (Å²) in [5.74, 6) is 0.166. The van der Waals surface area contributed by atoms with Crippen molar-refractivity contribution in [3.63, 3.8) is 0 Å². The lowest BCUT2D eigenvalue weighted by molar-refractivity contribution is 0.471. The molecule has 6 heteroatoms. The summed E-state index contributed by atoms with van der Waals surface area (Å²) in [4.78, 5) is 8.83. The third-order valence-corrected chi connectivity index (χ3v) is 4.89. The predicted octanol–water partition coefficient (Wildman–Crippen LogP) is 5.59. The van der Waals surface area contributed by atoms with Gasteiger partial charge in [0.2, 0.25) is 5.13 Å². The zero-order valence-electron chi connectivity index (χ0n) is 11.0. The van der Waals surface area contributed by atoms with Crippen LogP contribution in [0.5, 0.6) is 5.75 Å². The number of aliphatic imine (C=N–C) groups is 1. The van der Waals surface area contributed by atoms with Crippen LogP contribution < -0.4 is 0 Å². The Morgan fingerprint density at radius 3 is 2.86 bits per heavy atom. The second kappa shape index (κ2) is 5.87. The van der Waals surface area contributed by atoms with Crippen LogP contribution in [0.2, 0.25) is 0 Å². The Bertz CT molecular complexity index is 858. The van der Waals surface area contributed by atoms with E-state index in [1.807, 2.05) is 12.1 Å². The van der Waals surface area contributed by atoms with Crippen LogP contribution in [0.3, 0.4) is 0 Å². The monoisotopic (exact) mass is 424 g/mol. The first kappa shape index (κ1) is 14.7. The highest BCUT2D eigenvalue weighted by Crippen LogP contribution is 2.32. The molecular weight excluding hydrogens is 416 g/mol. The first-order valence-electron chi connectivity index (χ1n) is 6.12. The van der Waals surface area contributed by atoms with Gasteiger partial charge in [0.05, 0.1) is 14.7 Å². The molecule has 106 valence electrons. The molecule has 0 unspecified atom stereocenters. The Balaban J connectivity index is 1.98. The van der Waals surface area contributed by atoms with Gasteiger partial charge in [0.15, 0.2) is 0 Å². The van der Waals surface area contributed by atoms with E-state index in [0.29, 0.717) is 15.2 Å². The van der Waals surface area contributed by atoms with Crippen molar-refractivity contribution in [2.45, 2.75) is 6.92 Å². The summed E-state index contributed by atoms with van der Waals surface area (Å²) in [6, 6.07) is 9.72. The van der Waals surface area contributed by atoms with Gasteiger partial charge in [-0.15, -0.1) is 0 Å². The molecule has 0 aliphatic rings. The Kier molecular flexibility index (Phi) is 4.10. The normalized spacial score (nSPS) is 11.6. The summed E-state index contributed by atoms with van der Waals surface area (Å²) in [5.41, 5.74) is 2.78. The second-order valence-electron chi connectivity index (χ2n) is 4.55. The topological polar surface area (TPSA) is 45.5 Å². The molecule has 3 nitrogen and oxygen atoms in total. The molecule has 0 aliphatic heterocycles. The summed E-state index contributed by atoms with van der Waals surface area (Å²) < 4.78 is 2.61. The van der Waals surface area contributed by atoms with Gasteiger partial charge in [0.1, 0.15) is 5.75 Å². The van der Waals surface area contributed by atoms with Crippen LogP contribution in [0.15, 0.2) is 44.3 Å². The molecule has 0 saturated heterocycles. The molecule has 1 heterocycles. The predicted molar refractivity (Wildman–Crippen MR) is 95.1 cm³/mol. The summed E-state index contributed by atoms with van der Waals surface area (Å²) in [6.45, 7) is 2.05. The summed E-state index contributed by atoms with van der Waals surface area (Å²) in [7, 11) is 0. The van der Waals surface area contributed by atoms with Crippen LogP contribution in [0.1, 0.15) is 11.1 Å². The van der Waals surface area contributed by atoms with E-state index in [9.17, 15) is 5.11 Å². The number of rotatable bonds is 2. The van der Waals surface area contributed by atoms with E-state index in [0.717, 1.165) is 14.7 Å². The molecule has 0 amide bonds. The minimum Gasteiger partial charge on any atom is -0.506 e. The van der Waals surface area contributed by atoms with Crippen LogP contribution in [0, 0.1) is 6.92 Å². The number of phenolic OH excluding ortho intramolecular Hbond substituents is 1. The van der Waals surface area contributed by atoms with Gasteiger partial charge < -0.3 is 5.11 Å². The molecule has 1 aromatic heterocycles. The number of aromatic nitrogens is 1. The van der Waals surface area contributed by atoms with Crippen molar-refractivity contribution in [1.29, 1.82) is 0 Å². The molecule has 3 aromatic rings. The molecule has 2 aromatic carbocycles. The average Bonchev–Trinajstić information content (AvgIpc) is 2.83. The number of nitrogens with zero attached hydrogens (tertiary/aromatic N) is 2. The minimum absolute atomic E-state index is 0.166. The largest absolute Gasteiger partial charge is 0.506 e. The van der Waals surface area contributed by atoms with Crippen molar-refractivity contribution in [2.24, 2.45) is 4.99 Å². The van der Waals surface area contributed by atoms with Crippen LogP contribution in [0.25, 0.3) is 10.2 Å². The molecule has 1 N–H and O–H groups in total. The van der Waals surface area contributed by atoms with Gasteiger partial charge in [-0.1, -0.05) is 33.3 Å².